The first-order chi connectivity index (χ1) is 5.18. The molecule has 0 radical (unpaired) electrons. The summed E-state index contributed by atoms with van der Waals surface area (Å²) in [6.45, 7) is 2.12. The van der Waals surface area contributed by atoms with E-state index in [0.717, 1.165) is 12.8 Å². The predicted molar refractivity (Wildman–Crippen MR) is 46.0 cm³/mol. The van der Waals surface area contributed by atoms with Gasteiger partial charge in [-0.25, -0.2) is 0 Å². The molecule has 0 saturated heterocycles. The second-order valence-corrected chi connectivity index (χ2v) is 3.18. The average molecular weight is 179 g/mol. The van der Waals surface area contributed by atoms with Gasteiger partial charge < -0.3 is 5.11 Å². The number of hydrogen-bond acceptors (Lipinski definition) is 1. The minimum absolute atomic E-state index is 0.594. The second-order valence-electron chi connectivity index (χ2n) is 2.66. The van der Waals surface area contributed by atoms with E-state index in [-0.39, 0.29) is 0 Å². The molecule has 66 valence electrons. The van der Waals surface area contributed by atoms with Gasteiger partial charge in [0, 0.05) is 0 Å². The Morgan fingerprint density at radius 1 is 1.45 bits per heavy atom. The van der Waals surface area contributed by atoms with Gasteiger partial charge in [0.1, 0.15) is 5.38 Å². The Bertz CT molecular complexity index is 115. The molecule has 1 atom stereocenters. The van der Waals surface area contributed by atoms with Crippen LogP contribution in [0.4, 0.5) is 0 Å². The van der Waals surface area contributed by atoms with Gasteiger partial charge in [-0.3, -0.25) is 4.79 Å². The van der Waals surface area contributed by atoms with Crippen LogP contribution in [0.25, 0.3) is 0 Å². The minimum atomic E-state index is -0.900. The lowest BCUT2D eigenvalue weighted by atomic mass is 10.1. The first-order valence-corrected chi connectivity index (χ1v) is 4.49. The number of alkyl halides is 1. The first-order valence-electron chi connectivity index (χ1n) is 4.05. The number of unbranched alkanes of at least 4 members (excludes halogenated alkanes) is 3. The van der Waals surface area contributed by atoms with Crippen molar-refractivity contribution < 1.29 is 9.90 Å². The van der Waals surface area contributed by atoms with Crippen molar-refractivity contribution in [2.75, 3.05) is 0 Å². The number of carbonyl (C=O) groups is 1. The van der Waals surface area contributed by atoms with E-state index < -0.39 is 11.3 Å². The standard InChI is InChI=1S/C8H15ClO2/c1-2-3-4-5-6-7(9)8(10)11/h7H,2-6H2,1H3,(H,10,11). The van der Waals surface area contributed by atoms with Crippen LogP contribution in [0.15, 0.2) is 0 Å². The molecule has 0 bridgehead atoms. The fraction of sp³-hybridized carbons (Fsp3) is 0.875. The highest BCUT2D eigenvalue weighted by molar-refractivity contribution is 6.29. The number of hydrogen-bond donors (Lipinski definition) is 1. The monoisotopic (exact) mass is 178 g/mol. The topological polar surface area (TPSA) is 37.3 Å². The third-order valence-corrected chi connectivity index (χ3v) is 1.98. The number of carboxylic acids is 1. The van der Waals surface area contributed by atoms with Gasteiger partial charge >= 0.3 is 5.97 Å². The molecule has 0 aliphatic carbocycles. The van der Waals surface area contributed by atoms with E-state index in [0.29, 0.717) is 6.42 Å². The third-order valence-electron chi connectivity index (χ3n) is 1.58. The molecule has 0 amide bonds. The maximum absolute atomic E-state index is 10.2. The summed E-state index contributed by atoms with van der Waals surface area (Å²) in [5, 5.41) is 7.72. The molecule has 0 aromatic heterocycles. The Labute approximate surface area is 72.6 Å². The SMILES string of the molecule is CCCCCCC(Cl)C(=O)O. The van der Waals surface area contributed by atoms with Crippen molar-refractivity contribution in [1.29, 1.82) is 0 Å². The molecule has 1 N–H and O–H groups in total. The fourth-order valence-electron chi connectivity index (χ4n) is 0.874. The quantitative estimate of drug-likeness (QED) is 0.502. The largest absolute Gasteiger partial charge is 0.480 e. The highest BCUT2D eigenvalue weighted by atomic mass is 35.5. The summed E-state index contributed by atoms with van der Waals surface area (Å²) < 4.78 is 0. The molecule has 0 fully saturated rings. The molecule has 0 aromatic rings. The molecule has 0 saturated carbocycles. The van der Waals surface area contributed by atoms with Crippen LogP contribution in [0, 0.1) is 0 Å². The van der Waals surface area contributed by atoms with Crippen molar-refractivity contribution in [3.63, 3.8) is 0 Å². The van der Waals surface area contributed by atoms with E-state index in [9.17, 15) is 4.79 Å². The second kappa shape index (κ2) is 6.47. The van der Waals surface area contributed by atoms with E-state index in [1.54, 1.807) is 0 Å². The third kappa shape index (κ3) is 6.17. The average Bonchev–Trinajstić information content (AvgIpc) is 1.97. The molecule has 2 nitrogen and oxygen atoms in total. The van der Waals surface area contributed by atoms with Crippen molar-refractivity contribution >= 4 is 17.6 Å². The number of halogens is 1. The summed E-state index contributed by atoms with van der Waals surface area (Å²) in [4.78, 5) is 10.2. The van der Waals surface area contributed by atoms with Gasteiger partial charge in [0.2, 0.25) is 0 Å². The Morgan fingerprint density at radius 3 is 2.55 bits per heavy atom. The van der Waals surface area contributed by atoms with Gasteiger partial charge in [0.25, 0.3) is 0 Å². The smallest absolute Gasteiger partial charge is 0.321 e. The Kier molecular flexibility index (Phi) is 6.33. The normalized spacial score (nSPS) is 12.9. The van der Waals surface area contributed by atoms with E-state index in [4.69, 9.17) is 16.7 Å². The summed E-state index contributed by atoms with van der Waals surface area (Å²) >= 11 is 5.50. The lowest BCUT2D eigenvalue weighted by Crippen LogP contribution is -2.12. The predicted octanol–water partition coefficient (Wildman–Crippen LogP) is 2.65. The van der Waals surface area contributed by atoms with E-state index in [1.807, 2.05) is 0 Å². The number of carboxylic acid groups (broad SMARTS) is 1. The van der Waals surface area contributed by atoms with Crippen molar-refractivity contribution in [2.24, 2.45) is 0 Å². The summed E-state index contributed by atoms with van der Waals surface area (Å²) in [5.41, 5.74) is 0. The molecule has 0 aromatic carbocycles. The number of aliphatic carboxylic acids is 1. The molecule has 0 spiro atoms. The van der Waals surface area contributed by atoms with Crippen molar-refractivity contribution in [1.82, 2.24) is 0 Å². The van der Waals surface area contributed by atoms with Crippen LogP contribution in [0.5, 0.6) is 0 Å². The van der Waals surface area contributed by atoms with Crippen LogP contribution in [-0.2, 0) is 4.79 Å². The lowest BCUT2D eigenvalue weighted by Gasteiger charge is -2.02. The van der Waals surface area contributed by atoms with Gasteiger partial charge in [-0.05, 0) is 6.42 Å². The van der Waals surface area contributed by atoms with Gasteiger partial charge in [-0.1, -0.05) is 32.6 Å². The van der Waals surface area contributed by atoms with Crippen molar-refractivity contribution in [3.8, 4) is 0 Å². The van der Waals surface area contributed by atoms with Crippen molar-refractivity contribution in [3.05, 3.63) is 0 Å². The highest BCUT2D eigenvalue weighted by Gasteiger charge is 2.11. The zero-order chi connectivity index (χ0) is 8.69. The molecule has 0 aliphatic heterocycles. The summed E-state index contributed by atoms with van der Waals surface area (Å²) in [5.74, 6) is -0.900. The molecular weight excluding hydrogens is 164 g/mol. The van der Waals surface area contributed by atoms with E-state index in [2.05, 4.69) is 6.92 Å². The summed E-state index contributed by atoms with van der Waals surface area (Å²) in [6, 6.07) is 0. The zero-order valence-electron chi connectivity index (χ0n) is 6.85. The molecule has 11 heavy (non-hydrogen) atoms. The molecule has 3 heteroatoms. The lowest BCUT2D eigenvalue weighted by molar-refractivity contribution is -0.136. The van der Waals surface area contributed by atoms with Crippen molar-refractivity contribution in [2.45, 2.75) is 44.4 Å². The van der Waals surface area contributed by atoms with Crippen LogP contribution in [0.1, 0.15) is 39.0 Å². The molecule has 0 rings (SSSR count). The van der Waals surface area contributed by atoms with Crippen LogP contribution in [0.3, 0.4) is 0 Å². The maximum atomic E-state index is 10.2. The number of rotatable bonds is 6. The Morgan fingerprint density at radius 2 is 2.09 bits per heavy atom. The summed E-state index contributed by atoms with van der Waals surface area (Å²) in [6.07, 6.45) is 4.95. The van der Waals surface area contributed by atoms with Gasteiger partial charge in [0.05, 0.1) is 0 Å². The van der Waals surface area contributed by atoms with Crippen LogP contribution in [0.2, 0.25) is 0 Å². The highest BCUT2D eigenvalue weighted by Crippen LogP contribution is 2.09. The summed E-state index contributed by atoms with van der Waals surface area (Å²) in [7, 11) is 0. The zero-order valence-corrected chi connectivity index (χ0v) is 7.60. The van der Waals surface area contributed by atoms with Crippen LogP contribution in [-0.4, -0.2) is 16.5 Å². The molecular formula is C8H15ClO2. The van der Waals surface area contributed by atoms with Gasteiger partial charge in [-0.15, -0.1) is 11.6 Å². The Balaban J connectivity index is 3.17. The molecule has 1 unspecified atom stereocenters. The molecule has 0 heterocycles. The Hall–Kier alpha value is -0.240. The van der Waals surface area contributed by atoms with E-state index >= 15 is 0 Å². The van der Waals surface area contributed by atoms with Crippen LogP contribution < -0.4 is 0 Å². The van der Waals surface area contributed by atoms with E-state index in [1.165, 1.54) is 12.8 Å². The molecule has 0 aliphatic rings. The van der Waals surface area contributed by atoms with Gasteiger partial charge in [-0.2, -0.15) is 0 Å². The maximum Gasteiger partial charge on any atom is 0.321 e. The van der Waals surface area contributed by atoms with Gasteiger partial charge in [0.15, 0.2) is 0 Å². The van der Waals surface area contributed by atoms with Crippen LogP contribution >= 0.6 is 11.6 Å². The first kappa shape index (κ1) is 10.8. The fourth-order valence-corrected chi connectivity index (χ4v) is 1.03. The minimum Gasteiger partial charge on any atom is -0.480 e.